The number of aromatic amines is 1. The van der Waals surface area contributed by atoms with Crippen LogP contribution in [-0.2, 0) is 11.8 Å². The number of carbonyl (C=O) groups excluding carboxylic acids is 1. The van der Waals surface area contributed by atoms with Crippen LogP contribution in [0.3, 0.4) is 0 Å². The Bertz CT molecular complexity index is 744. The summed E-state index contributed by atoms with van der Waals surface area (Å²) in [6.07, 6.45) is 7.01. The lowest BCUT2D eigenvalue weighted by molar-refractivity contribution is -0.125. The zero-order valence-electron chi connectivity index (χ0n) is 13.3. The van der Waals surface area contributed by atoms with Crippen LogP contribution in [0, 0.1) is 5.92 Å². The molecule has 1 amide bonds. The molecule has 3 rings (SSSR count). The number of nitrogens with one attached hydrogen (secondary N) is 3. The topological polar surface area (TPSA) is 105 Å². The first-order chi connectivity index (χ1) is 11.1. The fraction of sp³-hybridized carbons (Fsp3) is 0.600. The molecule has 0 saturated heterocycles. The predicted molar refractivity (Wildman–Crippen MR) is 87.2 cm³/mol. The monoisotopic (exact) mass is 318 g/mol. The molecule has 1 aliphatic rings. The number of anilines is 1. The standard InChI is InChI=1S/C15H22N6O2/c1-21-12-11(9-18-21)14(23)20-15(19-12)17-8-7-16-13(22)10-5-3-2-4-6-10/h9-10H,2-8H2,1H3,(H,16,22)(H2,17,19,20,23). The van der Waals surface area contributed by atoms with Gasteiger partial charge in [0, 0.05) is 26.1 Å². The van der Waals surface area contributed by atoms with E-state index in [0.717, 1.165) is 25.7 Å². The summed E-state index contributed by atoms with van der Waals surface area (Å²) >= 11 is 0. The third kappa shape index (κ3) is 3.52. The molecule has 2 heterocycles. The summed E-state index contributed by atoms with van der Waals surface area (Å²) in [5.41, 5.74) is 0.305. The molecule has 1 saturated carbocycles. The first-order valence-electron chi connectivity index (χ1n) is 8.09. The Hall–Kier alpha value is -2.38. The highest BCUT2D eigenvalue weighted by atomic mass is 16.2. The van der Waals surface area contributed by atoms with E-state index >= 15 is 0 Å². The Morgan fingerprint density at radius 2 is 2.13 bits per heavy atom. The Morgan fingerprint density at radius 3 is 2.91 bits per heavy atom. The second-order valence-electron chi connectivity index (χ2n) is 5.97. The van der Waals surface area contributed by atoms with Gasteiger partial charge in [-0.3, -0.25) is 19.3 Å². The minimum atomic E-state index is -0.225. The summed E-state index contributed by atoms with van der Waals surface area (Å²) in [7, 11) is 1.74. The minimum Gasteiger partial charge on any atom is -0.354 e. The summed E-state index contributed by atoms with van der Waals surface area (Å²) in [6, 6.07) is 0. The third-order valence-electron chi connectivity index (χ3n) is 4.29. The summed E-state index contributed by atoms with van der Waals surface area (Å²) in [4.78, 5) is 30.9. The SMILES string of the molecule is Cn1ncc2c(=O)[nH]c(NCCNC(=O)C3CCCCC3)nc21. The van der Waals surface area contributed by atoms with Gasteiger partial charge in [-0.05, 0) is 12.8 Å². The fourth-order valence-electron chi connectivity index (χ4n) is 2.99. The van der Waals surface area contributed by atoms with Crippen LogP contribution in [0.4, 0.5) is 5.95 Å². The largest absolute Gasteiger partial charge is 0.354 e. The van der Waals surface area contributed by atoms with Crippen molar-refractivity contribution >= 4 is 22.9 Å². The van der Waals surface area contributed by atoms with E-state index in [1.807, 2.05) is 0 Å². The van der Waals surface area contributed by atoms with Crippen molar-refractivity contribution in [1.82, 2.24) is 25.1 Å². The van der Waals surface area contributed by atoms with Crippen molar-refractivity contribution in [3.8, 4) is 0 Å². The minimum absolute atomic E-state index is 0.134. The van der Waals surface area contributed by atoms with Crippen LogP contribution >= 0.6 is 0 Å². The number of hydrogen-bond donors (Lipinski definition) is 3. The summed E-state index contributed by atoms with van der Waals surface area (Å²) < 4.78 is 1.56. The Labute approximate surface area is 133 Å². The quantitative estimate of drug-likeness (QED) is 0.706. The molecule has 2 aromatic heterocycles. The van der Waals surface area contributed by atoms with E-state index in [9.17, 15) is 9.59 Å². The lowest BCUT2D eigenvalue weighted by Gasteiger charge is -2.20. The lowest BCUT2D eigenvalue weighted by Crippen LogP contribution is -2.35. The zero-order chi connectivity index (χ0) is 16.2. The smallest absolute Gasteiger partial charge is 0.263 e. The number of amides is 1. The second-order valence-corrected chi connectivity index (χ2v) is 5.97. The second kappa shape index (κ2) is 6.80. The first kappa shape index (κ1) is 15.5. The number of rotatable bonds is 5. The molecule has 8 nitrogen and oxygen atoms in total. The van der Waals surface area contributed by atoms with Crippen LogP contribution in [0.1, 0.15) is 32.1 Å². The maximum Gasteiger partial charge on any atom is 0.263 e. The van der Waals surface area contributed by atoms with Gasteiger partial charge in [0.1, 0.15) is 5.39 Å². The van der Waals surface area contributed by atoms with E-state index in [1.165, 1.54) is 12.6 Å². The molecule has 0 atom stereocenters. The molecule has 1 aliphatic carbocycles. The van der Waals surface area contributed by atoms with E-state index in [4.69, 9.17) is 0 Å². The summed E-state index contributed by atoms with van der Waals surface area (Å²) in [5, 5.41) is 10.5. The number of H-pyrrole nitrogens is 1. The maximum absolute atomic E-state index is 12.0. The van der Waals surface area contributed by atoms with Gasteiger partial charge in [-0.25, -0.2) is 0 Å². The highest BCUT2D eigenvalue weighted by Crippen LogP contribution is 2.23. The molecule has 124 valence electrons. The van der Waals surface area contributed by atoms with Crippen molar-refractivity contribution < 1.29 is 4.79 Å². The fourth-order valence-corrected chi connectivity index (χ4v) is 2.99. The van der Waals surface area contributed by atoms with Crippen molar-refractivity contribution in [2.75, 3.05) is 18.4 Å². The zero-order valence-corrected chi connectivity index (χ0v) is 13.3. The molecular formula is C15H22N6O2. The van der Waals surface area contributed by atoms with Gasteiger partial charge in [0.05, 0.1) is 6.20 Å². The summed E-state index contributed by atoms with van der Waals surface area (Å²) in [5.74, 6) is 0.681. The molecule has 0 bridgehead atoms. The molecular weight excluding hydrogens is 296 g/mol. The van der Waals surface area contributed by atoms with Crippen molar-refractivity contribution in [1.29, 1.82) is 0 Å². The third-order valence-corrected chi connectivity index (χ3v) is 4.29. The van der Waals surface area contributed by atoms with Crippen LogP contribution in [0.2, 0.25) is 0 Å². The summed E-state index contributed by atoms with van der Waals surface area (Å²) in [6.45, 7) is 1.01. The molecule has 0 aliphatic heterocycles. The highest BCUT2D eigenvalue weighted by Gasteiger charge is 2.20. The van der Waals surface area contributed by atoms with Crippen LogP contribution < -0.4 is 16.2 Å². The lowest BCUT2D eigenvalue weighted by atomic mass is 9.89. The van der Waals surface area contributed by atoms with Crippen LogP contribution in [0.15, 0.2) is 11.0 Å². The molecule has 0 radical (unpaired) electrons. The van der Waals surface area contributed by atoms with Gasteiger partial charge in [0.15, 0.2) is 5.65 Å². The van der Waals surface area contributed by atoms with Gasteiger partial charge < -0.3 is 10.6 Å². The highest BCUT2D eigenvalue weighted by molar-refractivity contribution is 5.78. The van der Waals surface area contributed by atoms with Gasteiger partial charge in [0.25, 0.3) is 5.56 Å². The molecule has 0 unspecified atom stereocenters. The maximum atomic E-state index is 12.0. The molecule has 0 spiro atoms. The van der Waals surface area contributed by atoms with Gasteiger partial charge in [-0.2, -0.15) is 10.1 Å². The van der Waals surface area contributed by atoms with E-state index in [-0.39, 0.29) is 17.4 Å². The van der Waals surface area contributed by atoms with Crippen molar-refractivity contribution in [3.63, 3.8) is 0 Å². The molecule has 1 fully saturated rings. The number of carbonyl (C=O) groups is 1. The van der Waals surface area contributed by atoms with Gasteiger partial charge in [0.2, 0.25) is 11.9 Å². The Morgan fingerprint density at radius 1 is 1.35 bits per heavy atom. The number of hydrogen-bond acceptors (Lipinski definition) is 5. The van der Waals surface area contributed by atoms with Crippen LogP contribution in [0.5, 0.6) is 0 Å². The average Bonchev–Trinajstić information content (AvgIpc) is 2.94. The molecule has 23 heavy (non-hydrogen) atoms. The average molecular weight is 318 g/mol. The van der Waals surface area contributed by atoms with E-state index < -0.39 is 0 Å². The predicted octanol–water partition coefficient (Wildman–Crippen LogP) is 0.765. The first-order valence-corrected chi connectivity index (χ1v) is 8.09. The number of aryl methyl sites for hydroxylation is 1. The molecule has 3 N–H and O–H groups in total. The van der Waals surface area contributed by atoms with Crippen LogP contribution in [-0.4, -0.2) is 38.7 Å². The Balaban J connectivity index is 1.51. The number of nitrogens with zero attached hydrogens (tertiary/aromatic N) is 3. The molecule has 0 aromatic carbocycles. The van der Waals surface area contributed by atoms with E-state index in [2.05, 4.69) is 25.7 Å². The normalized spacial score (nSPS) is 15.7. The van der Waals surface area contributed by atoms with Crippen LogP contribution in [0.25, 0.3) is 11.0 Å². The van der Waals surface area contributed by atoms with Crippen molar-refractivity contribution in [2.45, 2.75) is 32.1 Å². The van der Waals surface area contributed by atoms with Gasteiger partial charge >= 0.3 is 0 Å². The molecule has 2 aromatic rings. The number of fused-ring (bicyclic) bond motifs is 1. The van der Waals surface area contributed by atoms with Gasteiger partial charge in [-0.15, -0.1) is 0 Å². The van der Waals surface area contributed by atoms with E-state index in [1.54, 1.807) is 11.7 Å². The van der Waals surface area contributed by atoms with E-state index in [0.29, 0.717) is 30.1 Å². The molecule has 8 heteroatoms. The van der Waals surface area contributed by atoms with Gasteiger partial charge in [-0.1, -0.05) is 19.3 Å². The van der Waals surface area contributed by atoms with Crippen molar-refractivity contribution in [3.05, 3.63) is 16.6 Å². The number of aromatic nitrogens is 4. The Kier molecular flexibility index (Phi) is 4.59. The van der Waals surface area contributed by atoms with Crippen molar-refractivity contribution in [2.24, 2.45) is 13.0 Å².